The summed E-state index contributed by atoms with van der Waals surface area (Å²) in [5, 5.41) is 3.00. The molecule has 4 heteroatoms. The highest BCUT2D eigenvalue weighted by molar-refractivity contribution is 6.20. The molecule has 1 amide bonds. The van der Waals surface area contributed by atoms with Crippen molar-refractivity contribution in [1.82, 2.24) is 5.32 Å². The number of carbonyl (C=O) groups excluding carboxylic acids is 1. The Morgan fingerprint density at radius 1 is 1.62 bits per heavy atom. The fourth-order valence-corrected chi connectivity index (χ4v) is 1.46. The predicted octanol–water partition coefficient (Wildman–Crippen LogP) is 2.74. The summed E-state index contributed by atoms with van der Waals surface area (Å²) in [6, 6.07) is 3.70. The van der Waals surface area contributed by atoms with Crippen LogP contribution in [0.15, 0.2) is 22.8 Å². The third-order valence-electron chi connectivity index (χ3n) is 2.40. The van der Waals surface area contributed by atoms with Gasteiger partial charge in [0.2, 0.25) is 5.91 Å². The lowest BCUT2D eigenvalue weighted by Gasteiger charge is -2.07. The first-order valence-corrected chi connectivity index (χ1v) is 6.09. The van der Waals surface area contributed by atoms with Gasteiger partial charge in [-0.25, -0.2) is 0 Å². The first-order chi connectivity index (χ1) is 7.72. The van der Waals surface area contributed by atoms with Crippen molar-refractivity contribution in [2.24, 2.45) is 0 Å². The van der Waals surface area contributed by atoms with Gasteiger partial charge in [-0.05, 0) is 25.0 Å². The van der Waals surface area contributed by atoms with Gasteiger partial charge in [0.15, 0.2) is 0 Å². The van der Waals surface area contributed by atoms with Gasteiger partial charge >= 0.3 is 0 Å². The van der Waals surface area contributed by atoms with Crippen LogP contribution in [-0.4, -0.2) is 17.8 Å². The Balaban J connectivity index is 2.07. The van der Waals surface area contributed by atoms with Gasteiger partial charge in [-0.1, -0.05) is 6.92 Å². The van der Waals surface area contributed by atoms with E-state index in [2.05, 4.69) is 5.32 Å². The number of rotatable bonds is 7. The van der Waals surface area contributed by atoms with E-state index in [4.69, 9.17) is 16.0 Å². The largest absolute Gasteiger partial charge is 0.469 e. The maximum absolute atomic E-state index is 11.4. The minimum Gasteiger partial charge on any atom is -0.469 e. The summed E-state index contributed by atoms with van der Waals surface area (Å²) >= 11 is 5.94. The third-order valence-corrected chi connectivity index (χ3v) is 2.93. The lowest BCUT2D eigenvalue weighted by atomic mass is 10.2. The van der Waals surface area contributed by atoms with Crippen molar-refractivity contribution >= 4 is 17.5 Å². The fraction of sp³-hybridized carbons (Fsp3) is 0.583. The van der Waals surface area contributed by atoms with E-state index < -0.39 is 0 Å². The van der Waals surface area contributed by atoms with Gasteiger partial charge in [0, 0.05) is 24.8 Å². The van der Waals surface area contributed by atoms with Crippen molar-refractivity contribution < 1.29 is 9.21 Å². The van der Waals surface area contributed by atoms with E-state index in [1.807, 2.05) is 19.1 Å². The minimum absolute atomic E-state index is 0.0522. The first-order valence-electron chi connectivity index (χ1n) is 5.65. The van der Waals surface area contributed by atoms with Gasteiger partial charge in [0.25, 0.3) is 0 Å². The van der Waals surface area contributed by atoms with Crippen LogP contribution >= 0.6 is 11.6 Å². The maximum Gasteiger partial charge on any atom is 0.220 e. The zero-order valence-corrected chi connectivity index (χ0v) is 10.3. The van der Waals surface area contributed by atoms with Crippen LogP contribution in [0.5, 0.6) is 0 Å². The van der Waals surface area contributed by atoms with Gasteiger partial charge in [0.05, 0.1) is 6.26 Å². The number of halogens is 1. The molecule has 0 aliphatic rings. The topological polar surface area (TPSA) is 42.2 Å². The second-order valence-electron chi connectivity index (χ2n) is 3.72. The zero-order chi connectivity index (χ0) is 11.8. The second kappa shape index (κ2) is 7.34. The van der Waals surface area contributed by atoms with E-state index in [9.17, 15) is 4.79 Å². The summed E-state index contributed by atoms with van der Waals surface area (Å²) in [6.45, 7) is 2.69. The summed E-state index contributed by atoms with van der Waals surface area (Å²) in [5.41, 5.74) is 0. The van der Waals surface area contributed by atoms with Crippen molar-refractivity contribution in [3.63, 3.8) is 0 Å². The molecule has 1 N–H and O–H groups in total. The summed E-state index contributed by atoms with van der Waals surface area (Å²) in [7, 11) is 0. The molecule has 0 radical (unpaired) electrons. The molecule has 0 spiro atoms. The lowest BCUT2D eigenvalue weighted by Crippen LogP contribution is -2.26. The van der Waals surface area contributed by atoms with Crippen LogP contribution in [0.2, 0.25) is 0 Å². The molecule has 0 saturated carbocycles. The average Bonchev–Trinajstić information content (AvgIpc) is 2.79. The van der Waals surface area contributed by atoms with Gasteiger partial charge in [-0.15, -0.1) is 11.6 Å². The standard InChI is InChI=1S/C12H18ClNO2/c1-2-10(13)7-8-14-12(15)6-5-11-4-3-9-16-11/h3-4,9-10H,2,5-8H2,1H3,(H,14,15). The van der Waals surface area contributed by atoms with Crippen LogP contribution < -0.4 is 5.32 Å². The van der Waals surface area contributed by atoms with E-state index in [1.165, 1.54) is 0 Å². The molecule has 0 saturated heterocycles. The van der Waals surface area contributed by atoms with E-state index in [0.717, 1.165) is 18.6 Å². The molecular weight excluding hydrogens is 226 g/mol. The Morgan fingerprint density at radius 3 is 3.06 bits per heavy atom. The van der Waals surface area contributed by atoms with Crippen molar-refractivity contribution in [2.45, 2.75) is 38.0 Å². The molecule has 16 heavy (non-hydrogen) atoms. The minimum atomic E-state index is 0.0522. The molecule has 1 rings (SSSR count). The SMILES string of the molecule is CCC(Cl)CCNC(=O)CCc1ccco1. The van der Waals surface area contributed by atoms with Crippen molar-refractivity contribution in [1.29, 1.82) is 0 Å². The number of hydrogen-bond acceptors (Lipinski definition) is 2. The summed E-state index contributed by atoms with van der Waals surface area (Å²) in [5.74, 6) is 0.898. The molecule has 0 aliphatic heterocycles. The average molecular weight is 244 g/mol. The van der Waals surface area contributed by atoms with Gasteiger partial charge in [0.1, 0.15) is 5.76 Å². The van der Waals surface area contributed by atoms with Gasteiger partial charge < -0.3 is 9.73 Å². The van der Waals surface area contributed by atoms with Crippen molar-refractivity contribution in [3.8, 4) is 0 Å². The fourth-order valence-electron chi connectivity index (χ4n) is 1.35. The van der Waals surface area contributed by atoms with Crippen LogP contribution in [-0.2, 0) is 11.2 Å². The molecule has 1 atom stereocenters. The Hall–Kier alpha value is -0.960. The van der Waals surface area contributed by atoms with Gasteiger partial charge in [-0.3, -0.25) is 4.79 Å². The third kappa shape index (κ3) is 5.21. The van der Waals surface area contributed by atoms with Crippen molar-refractivity contribution in [2.75, 3.05) is 6.54 Å². The van der Waals surface area contributed by atoms with Crippen LogP contribution in [0, 0.1) is 0 Å². The molecule has 1 aromatic heterocycles. The number of furan rings is 1. The quantitative estimate of drug-likeness (QED) is 0.749. The summed E-state index contributed by atoms with van der Waals surface area (Å²) < 4.78 is 5.14. The summed E-state index contributed by atoms with van der Waals surface area (Å²) in [6.07, 6.45) is 4.49. The van der Waals surface area contributed by atoms with E-state index in [0.29, 0.717) is 19.4 Å². The molecular formula is C12H18ClNO2. The molecule has 3 nitrogen and oxygen atoms in total. The molecule has 1 heterocycles. The number of carbonyl (C=O) groups is 1. The molecule has 0 aliphatic carbocycles. The second-order valence-corrected chi connectivity index (χ2v) is 4.34. The van der Waals surface area contributed by atoms with Crippen LogP contribution in [0.3, 0.4) is 0 Å². The van der Waals surface area contributed by atoms with E-state index >= 15 is 0 Å². The molecule has 0 fully saturated rings. The molecule has 1 unspecified atom stereocenters. The van der Waals surface area contributed by atoms with Crippen molar-refractivity contribution in [3.05, 3.63) is 24.2 Å². The lowest BCUT2D eigenvalue weighted by molar-refractivity contribution is -0.121. The van der Waals surface area contributed by atoms with Crippen LogP contribution in [0.25, 0.3) is 0 Å². The van der Waals surface area contributed by atoms with E-state index in [1.54, 1.807) is 6.26 Å². The number of amides is 1. The smallest absolute Gasteiger partial charge is 0.220 e. The highest BCUT2D eigenvalue weighted by Gasteiger charge is 2.05. The van der Waals surface area contributed by atoms with E-state index in [-0.39, 0.29) is 11.3 Å². The Bertz CT molecular complexity index is 298. The number of nitrogens with one attached hydrogen (secondary N) is 1. The molecule has 0 aromatic carbocycles. The first kappa shape index (κ1) is 13.1. The predicted molar refractivity (Wildman–Crippen MR) is 64.6 cm³/mol. The maximum atomic E-state index is 11.4. The molecule has 90 valence electrons. The number of aryl methyl sites for hydroxylation is 1. The van der Waals surface area contributed by atoms with Gasteiger partial charge in [-0.2, -0.15) is 0 Å². The highest BCUT2D eigenvalue weighted by Crippen LogP contribution is 2.05. The summed E-state index contributed by atoms with van der Waals surface area (Å²) in [4.78, 5) is 11.4. The van der Waals surface area contributed by atoms with Crippen LogP contribution in [0.1, 0.15) is 31.9 Å². The Labute approximate surface area is 101 Å². The zero-order valence-electron chi connectivity index (χ0n) is 9.54. The Morgan fingerprint density at radius 2 is 2.44 bits per heavy atom. The van der Waals surface area contributed by atoms with Crippen LogP contribution in [0.4, 0.5) is 0 Å². The number of hydrogen-bond donors (Lipinski definition) is 1. The Kier molecular flexibility index (Phi) is 6.01. The normalized spacial score (nSPS) is 12.4. The highest BCUT2D eigenvalue weighted by atomic mass is 35.5. The molecule has 0 bridgehead atoms. The number of alkyl halides is 1. The molecule has 1 aromatic rings. The monoisotopic (exact) mass is 243 g/mol.